The first kappa shape index (κ1) is 16.3. The number of hydrogen-bond acceptors (Lipinski definition) is 7. The lowest BCUT2D eigenvalue weighted by molar-refractivity contribution is 0.208. The van der Waals surface area contributed by atoms with Crippen molar-refractivity contribution in [1.82, 2.24) is 29.4 Å². The molecule has 0 aromatic carbocycles. The smallest absolute Gasteiger partial charge is 0.250 e. The molecule has 27 heavy (non-hydrogen) atoms. The van der Waals surface area contributed by atoms with Gasteiger partial charge in [-0.3, -0.25) is 4.40 Å². The van der Waals surface area contributed by atoms with Gasteiger partial charge in [0, 0.05) is 10.9 Å². The monoisotopic (exact) mass is 386 g/mol. The molecule has 5 rings (SSSR count). The Hall–Kier alpha value is -2.85. The molecule has 0 amide bonds. The first-order valence-electron chi connectivity index (χ1n) is 8.40. The number of aromatic nitrogens is 6. The van der Waals surface area contributed by atoms with Gasteiger partial charge < -0.3 is 9.84 Å². The van der Waals surface area contributed by atoms with Crippen molar-refractivity contribution in [3.63, 3.8) is 0 Å². The number of aliphatic hydroxyl groups excluding tert-OH is 1. The van der Waals surface area contributed by atoms with Gasteiger partial charge in [0.1, 0.15) is 23.0 Å². The van der Waals surface area contributed by atoms with Gasteiger partial charge in [-0.2, -0.15) is 0 Å². The molecule has 1 aliphatic carbocycles. The average molecular weight is 386 g/mol. The summed E-state index contributed by atoms with van der Waals surface area (Å²) in [5, 5.41) is 19.1. The highest BCUT2D eigenvalue weighted by molar-refractivity contribution is 7.17. The zero-order chi connectivity index (χ0) is 18.5. The Kier molecular flexibility index (Phi) is 3.69. The van der Waals surface area contributed by atoms with Crippen molar-refractivity contribution in [3.8, 4) is 11.6 Å². The molecule has 1 aliphatic rings. The summed E-state index contributed by atoms with van der Waals surface area (Å²) < 4.78 is 22.0. The van der Waals surface area contributed by atoms with Gasteiger partial charge in [0.15, 0.2) is 5.82 Å². The number of ether oxygens (including phenoxy) is 1. The van der Waals surface area contributed by atoms with Crippen molar-refractivity contribution < 1.29 is 14.2 Å². The summed E-state index contributed by atoms with van der Waals surface area (Å²) in [6.07, 6.45) is 7.79. The lowest BCUT2D eigenvalue weighted by Crippen LogP contribution is -2.06. The predicted octanol–water partition coefficient (Wildman–Crippen LogP) is 2.48. The van der Waals surface area contributed by atoms with Gasteiger partial charge in [-0.05, 0) is 18.8 Å². The molecular weight excluding hydrogens is 371 g/mol. The molecule has 1 N–H and O–H groups in total. The van der Waals surface area contributed by atoms with Crippen LogP contribution in [0.4, 0.5) is 4.39 Å². The van der Waals surface area contributed by atoms with E-state index in [1.807, 2.05) is 4.40 Å². The quantitative estimate of drug-likeness (QED) is 0.567. The normalized spacial score (nSPS) is 15.4. The van der Waals surface area contributed by atoms with Crippen LogP contribution < -0.4 is 4.74 Å². The standard InChI is InChI=1S/C17H15FN6O2S/c1-26-17-11(18)4-10(5-20-17)24-7-12(21-22-24)15(25)14-16(9-2-3-9)27-13-6-19-8-23(13)14/h4-9,15,25H,2-3H2,1H3. The third-order valence-electron chi connectivity index (χ3n) is 4.58. The number of methoxy groups -OCH3 is 1. The fourth-order valence-electron chi connectivity index (χ4n) is 3.09. The largest absolute Gasteiger partial charge is 0.479 e. The third kappa shape index (κ3) is 2.68. The van der Waals surface area contributed by atoms with E-state index in [-0.39, 0.29) is 5.88 Å². The topological polar surface area (TPSA) is 90.4 Å². The number of rotatable bonds is 5. The van der Waals surface area contributed by atoms with Crippen LogP contribution in [0.1, 0.15) is 41.1 Å². The summed E-state index contributed by atoms with van der Waals surface area (Å²) in [7, 11) is 1.35. The van der Waals surface area contributed by atoms with Crippen LogP contribution in [0.25, 0.3) is 10.5 Å². The molecule has 0 saturated heterocycles. The van der Waals surface area contributed by atoms with E-state index in [9.17, 15) is 9.50 Å². The maximum atomic E-state index is 13.9. The average Bonchev–Trinajstić information content (AvgIpc) is 3.08. The van der Waals surface area contributed by atoms with Crippen molar-refractivity contribution in [1.29, 1.82) is 0 Å². The van der Waals surface area contributed by atoms with Crippen LogP contribution in [-0.2, 0) is 0 Å². The van der Waals surface area contributed by atoms with Gasteiger partial charge in [0.2, 0.25) is 5.88 Å². The number of aliphatic hydroxyl groups is 1. The first-order chi connectivity index (χ1) is 13.2. The highest BCUT2D eigenvalue weighted by Crippen LogP contribution is 2.47. The minimum Gasteiger partial charge on any atom is -0.479 e. The molecule has 1 atom stereocenters. The van der Waals surface area contributed by atoms with E-state index in [4.69, 9.17) is 4.74 Å². The Bertz CT molecular complexity index is 1130. The molecule has 8 nitrogen and oxygen atoms in total. The predicted molar refractivity (Wildman–Crippen MR) is 94.8 cm³/mol. The second-order valence-corrected chi connectivity index (χ2v) is 7.47. The van der Waals surface area contributed by atoms with Crippen LogP contribution >= 0.6 is 11.3 Å². The Morgan fingerprint density at radius 3 is 2.96 bits per heavy atom. The molecule has 10 heteroatoms. The highest BCUT2D eigenvalue weighted by atomic mass is 32.1. The van der Waals surface area contributed by atoms with Gasteiger partial charge in [-0.15, -0.1) is 16.4 Å². The van der Waals surface area contributed by atoms with Gasteiger partial charge >= 0.3 is 0 Å². The van der Waals surface area contributed by atoms with E-state index in [1.54, 1.807) is 30.1 Å². The third-order valence-corrected chi connectivity index (χ3v) is 5.85. The molecule has 0 spiro atoms. The minimum atomic E-state index is -0.951. The molecule has 1 saturated carbocycles. The van der Waals surface area contributed by atoms with Crippen molar-refractivity contribution in [2.75, 3.05) is 7.11 Å². The summed E-state index contributed by atoms with van der Waals surface area (Å²) in [6, 6.07) is 1.25. The van der Waals surface area contributed by atoms with Crippen LogP contribution in [0, 0.1) is 5.82 Å². The molecule has 0 bridgehead atoms. The minimum absolute atomic E-state index is 0.0889. The number of halogens is 1. The number of pyridine rings is 1. The number of imidazole rings is 1. The summed E-state index contributed by atoms with van der Waals surface area (Å²) >= 11 is 1.65. The lowest BCUT2D eigenvalue weighted by Gasteiger charge is -2.09. The van der Waals surface area contributed by atoms with Crippen LogP contribution in [0.5, 0.6) is 5.88 Å². The van der Waals surface area contributed by atoms with E-state index in [0.29, 0.717) is 17.3 Å². The van der Waals surface area contributed by atoms with E-state index >= 15 is 0 Å². The van der Waals surface area contributed by atoms with E-state index < -0.39 is 11.9 Å². The molecule has 1 unspecified atom stereocenters. The van der Waals surface area contributed by atoms with Crippen molar-refractivity contribution >= 4 is 16.2 Å². The Morgan fingerprint density at radius 2 is 2.22 bits per heavy atom. The maximum absolute atomic E-state index is 13.9. The van der Waals surface area contributed by atoms with Gasteiger partial charge in [0.05, 0.1) is 37.1 Å². The van der Waals surface area contributed by atoms with E-state index in [2.05, 4.69) is 20.3 Å². The fraction of sp³-hybridized carbons (Fsp3) is 0.294. The molecule has 0 radical (unpaired) electrons. The Balaban J connectivity index is 1.52. The van der Waals surface area contributed by atoms with Gasteiger partial charge in [0.25, 0.3) is 0 Å². The molecule has 4 aromatic rings. The molecule has 138 valence electrons. The van der Waals surface area contributed by atoms with Crippen LogP contribution in [0.3, 0.4) is 0 Å². The number of hydrogen-bond donors (Lipinski definition) is 1. The Labute approximate surface area is 156 Å². The maximum Gasteiger partial charge on any atom is 0.250 e. The van der Waals surface area contributed by atoms with Crippen LogP contribution in [0.15, 0.2) is 31.0 Å². The number of nitrogens with zero attached hydrogens (tertiary/aromatic N) is 6. The summed E-state index contributed by atoms with van der Waals surface area (Å²) in [4.78, 5) is 10.2. The second-order valence-electron chi connectivity index (χ2n) is 6.40. The highest BCUT2D eigenvalue weighted by Gasteiger charge is 2.33. The molecule has 4 aromatic heterocycles. The van der Waals surface area contributed by atoms with Gasteiger partial charge in [-0.1, -0.05) is 5.21 Å². The second kappa shape index (κ2) is 6.10. The van der Waals surface area contributed by atoms with Crippen LogP contribution in [0.2, 0.25) is 0 Å². The first-order valence-corrected chi connectivity index (χ1v) is 9.22. The molecule has 0 aliphatic heterocycles. The zero-order valence-corrected chi connectivity index (χ0v) is 15.1. The molecule has 4 heterocycles. The molecule has 1 fully saturated rings. The van der Waals surface area contributed by atoms with Crippen molar-refractivity contribution in [3.05, 3.63) is 53.1 Å². The van der Waals surface area contributed by atoms with Crippen molar-refractivity contribution in [2.45, 2.75) is 24.9 Å². The SMILES string of the molecule is COc1ncc(-n2cc(C(O)c3c(C4CC4)sc4cncn34)nn2)cc1F. The summed E-state index contributed by atoms with van der Waals surface area (Å²) in [6.45, 7) is 0. The number of thiazole rings is 1. The van der Waals surface area contributed by atoms with Crippen LogP contribution in [-0.4, -0.2) is 41.6 Å². The summed E-state index contributed by atoms with van der Waals surface area (Å²) in [5.41, 5.74) is 1.54. The number of fused-ring (bicyclic) bond motifs is 1. The van der Waals surface area contributed by atoms with E-state index in [1.165, 1.54) is 24.1 Å². The van der Waals surface area contributed by atoms with Crippen molar-refractivity contribution in [2.24, 2.45) is 0 Å². The fourth-order valence-corrected chi connectivity index (χ4v) is 4.39. The lowest BCUT2D eigenvalue weighted by atomic mass is 10.1. The molecular formula is C17H15FN6O2S. The summed E-state index contributed by atoms with van der Waals surface area (Å²) in [5.74, 6) is -0.204. The zero-order valence-electron chi connectivity index (χ0n) is 14.3. The van der Waals surface area contributed by atoms with E-state index in [0.717, 1.165) is 28.2 Å². The van der Waals surface area contributed by atoms with Gasteiger partial charge in [-0.25, -0.2) is 19.0 Å². The Morgan fingerprint density at radius 1 is 1.37 bits per heavy atom.